The average Bonchev–Trinajstić information content (AvgIpc) is 2.03. The van der Waals surface area contributed by atoms with Crippen molar-refractivity contribution in [1.29, 1.82) is 0 Å². The fourth-order valence-electron chi connectivity index (χ4n) is 0.844. The molecule has 0 aromatic rings. The maximum absolute atomic E-state index is 5.16. The second-order valence-corrected chi connectivity index (χ2v) is 2.38. The molecule has 0 amide bonds. The van der Waals surface area contributed by atoms with Gasteiger partial charge in [-0.05, 0) is 18.9 Å². The van der Waals surface area contributed by atoms with Crippen LogP contribution in [0.3, 0.4) is 0 Å². The number of allylic oxidation sites excluding steroid dienone is 1. The average molecular weight is 155 g/mol. The predicted octanol–water partition coefficient (Wildman–Crippen LogP) is 2.06. The van der Waals surface area contributed by atoms with E-state index in [-0.39, 0.29) is 6.10 Å². The van der Waals surface area contributed by atoms with Crippen molar-refractivity contribution in [1.82, 2.24) is 0 Å². The molecule has 0 saturated heterocycles. The van der Waals surface area contributed by atoms with Crippen LogP contribution in [0.2, 0.25) is 0 Å². The molecule has 11 heavy (non-hydrogen) atoms. The van der Waals surface area contributed by atoms with Crippen molar-refractivity contribution in [3.63, 3.8) is 0 Å². The van der Waals surface area contributed by atoms with Crippen LogP contribution >= 0.6 is 0 Å². The van der Waals surface area contributed by atoms with E-state index in [9.17, 15) is 0 Å². The summed E-state index contributed by atoms with van der Waals surface area (Å²) in [6.07, 6.45) is 5.15. The van der Waals surface area contributed by atoms with Crippen LogP contribution in [0.15, 0.2) is 16.6 Å². The number of aliphatic imine (C=N–C) groups is 1. The lowest BCUT2D eigenvalue weighted by Crippen LogP contribution is -2.09. The molecule has 0 spiro atoms. The molecule has 0 saturated carbocycles. The van der Waals surface area contributed by atoms with Gasteiger partial charge in [0, 0.05) is 20.4 Å². The number of ether oxygens (including phenoxy) is 1. The molecule has 1 atom stereocenters. The van der Waals surface area contributed by atoms with Gasteiger partial charge < -0.3 is 4.74 Å². The zero-order chi connectivity index (χ0) is 8.69. The van der Waals surface area contributed by atoms with Crippen LogP contribution in [-0.2, 0) is 4.74 Å². The molecule has 1 unspecified atom stereocenters. The van der Waals surface area contributed by atoms with E-state index in [1.807, 2.05) is 13.1 Å². The first kappa shape index (κ1) is 10.4. The van der Waals surface area contributed by atoms with E-state index in [1.165, 1.54) is 0 Å². The van der Waals surface area contributed by atoms with Crippen molar-refractivity contribution in [2.45, 2.75) is 26.4 Å². The first-order chi connectivity index (χ1) is 5.26. The van der Waals surface area contributed by atoms with Crippen molar-refractivity contribution in [2.75, 3.05) is 14.2 Å². The highest BCUT2D eigenvalue weighted by atomic mass is 16.5. The molecular weight excluding hydrogens is 138 g/mol. The van der Waals surface area contributed by atoms with Gasteiger partial charge in [0.05, 0.1) is 6.10 Å². The zero-order valence-electron chi connectivity index (χ0n) is 7.79. The highest BCUT2D eigenvalue weighted by molar-refractivity contribution is 5.79. The summed E-state index contributed by atoms with van der Waals surface area (Å²) in [5.74, 6) is 0. The highest BCUT2D eigenvalue weighted by Crippen LogP contribution is 2.03. The van der Waals surface area contributed by atoms with E-state index in [0.717, 1.165) is 12.0 Å². The largest absolute Gasteiger partial charge is 0.377 e. The normalized spacial score (nSPS) is 15.8. The van der Waals surface area contributed by atoms with Crippen LogP contribution < -0.4 is 0 Å². The van der Waals surface area contributed by atoms with Crippen LogP contribution in [-0.4, -0.2) is 26.5 Å². The minimum atomic E-state index is 0.152. The Morgan fingerprint density at radius 1 is 1.64 bits per heavy atom. The quantitative estimate of drug-likeness (QED) is 0.569. The van der Waals surface area contributed by atoms with Gasteiger partial charge in [-0.2, -0.15) is 0 Å². The summed E-state index contributed by atoms with van der Waals surface area (Å²) in [7, 11) is 3.48. The molecule has 64 valence electrons. The molecule has 0 rings (SSSR count). The van der Waals surface area contributed by atoms with Gasteiger partial charge in [0.1, 0.15) is 0 Å². The summed E-state index contributed by atoms with van der Waals surface area (Å²) in [6, 6.07) is 0. The summed E-state index contributed by atoms with van der Waals surface area (Å²) < 4.78 is 5.16. The third-order valence-corrected chi connectivity index (χ3v) is 1.54. The second kappa shape index (κ2) is 6.10. The monoisotopic (exact) mass is 155 g/mol. The molecule has 0 aliphatic heterocycles. The molecule has 0 bridgehead atoms. The minimum Gasteiger partial charge on any atom is -0.377 e. The standard InChI is InChI=1S/C9H17NO/c1-5-6-9(7-10-3)8(2)11-4/h6-8H,5H2,1-4H3/b9-6+,10-7?. The van der Waals surface area contributed by atoms with Crippen molar-refractivity contribution >= 4 is 6.21 Å². The molecule has 0 radical (unpaired) electrons. The van der Waals surface area contributed by atoms with E-state index in [2.05, 4.69) is 18.0 Å². The zero-order valence-corrected chi connectivity index (χ0v) is 7.79. The first-order valence-electron chi connectivity index (χ1n) is 3.91. The number of nitrogens with zero attached hydrogens (tertiary/aromatic N) is 1. The van der Waals surface area contributed by atoms with Crippen molar-refractivity contribution in [2.24, 2.45) is 4.99 Å². The molecule has 2 nitrogen and oxygen atoms in total. The topological polar surface area (TPSA) is 21.6 Å². The molecule has 0 heterocycles. The van der Waals surface area contributed by atoms with Gasteiger partial charge in [-0.15, -0.1) is 0 Å². The lowest BCUT2D eigenvalue weighted by atomic mass is 10.1. The maximum Gasteiger partial charge on any atom is 0.0804 e. The predicted molar refractivity (Wildman–Crippen MR) is 49.3 cm³/mol. The maximum atomic E-state index is 5.16. The fraction of sp³-hybridized carbons (Fsp3) is 0.667. The van der Waals surface area contributed by atoms with Gasteiger partial charge in [-0.1, -0.05) is 13.0 Å². The summed E-state index contributed by atoms with van der Waals surface area (Å²) in [4.78, 5) is 3.95. The van der Waals surface area contributed by atoms with Crippen LogP contribution in [0.25, 0.3) is 0 Å². The van der Waals surface area contributed by atoms with Gasteiger partial charge >= 0.3 is 0 Å². The summed E-state index contributed by atoms with van der Waals surface area (Å²) >= 11 is 0. The number of hydrogen-bond acceptors (Lipinski definition) is 2. The van der Waals surface area contributed by atoms with Crippen molar-refractivity contribution in [3.05, 3.63) is 11.6 Å². The number of methoxy groups -OCH3 is 1. The Kier molecular flexibility index (Phi) is 5.75. The van der Waals surface area contributed by atoms with E-state index < -0.39 is 0 Å². The molecular formula is C9H17NO. The molecule has 0 N–H and O–H groups in total. The van der Waals surface area contributed by atoms with Crippen molar-refractivity contribution < 1.29 is 4.74 Å². The van der Waals surface area contributed by atoms with Crippen LogP contribution in [0.1, 0.15) is 20.3 Å². The van der Waals surface area contributed by atoms with E-state index >= 15 is 0 Å². The third-order valence-electron chi connectivity index (χ3n) is 1.54. The van der Waals surface area contributed by atoms with Crippen LogP contribution in [0, 0.1) is 0 Å². The van der Waals surface area contributed by atoms with E-state index in [1.54, 1.807) is 14.2 Å². The molecule has 0 aromatic heterocycles. The van der Waals surface area contributed by atoms with Crippen LogP contribution in [0.5, 0.6) is 0 Å². The van der Waals surface area contributed by atoms with Crippen LogP contribution in [0.4, 0.5) is 0 Å². The Balaban J connectivity index is 4.21. The Morgan fingerprint density at radius 2 is 2.27 bits per heavy atom. The third kappa shape index (κ3) is 3.94. The smallest absolute Gasteiger partial charge is 0.0804 e. The van der Waals surface area contributed by atoms with Gasteiger partial charge in [0.2, 0.25) is 0 Å². The SMILES string of the molecule is CC/C=C(\C=NC)C(C)OC. The Hall–Kier alpha value is -0.630. The molecule has 2 heteroatoms. The molecule has 0 aliphatic carbocycles. The number of hydrogen-bond donors (Lipinski definition) is 0. The first-order valence-corrected chi connectivity index (χ1v) is 3.91. The Labute approximate surface area is 69.0 Å². The van der Waals surface area contributed by atoms with Gasteiger partial charge in [0.15, 0.2) is 0 Å². The molecule has 0 aromatic carbocycles. The Morgan fingerprint density at radius 3 is 2.64 bits per heavy atom. The van der Waals surface area contributed by atoms with Crippen molar-refractivity contribution in [3.8, 4) is 0 Å². The molecule has 0 aliphatic rings. The Bertz CT molecular complexity index is 150. The van der Waals surface area contributed by atoms with Gasteiger partial charge in [-0.25, -0.2) is 0 Å². The summed E-state index contributed by atoms with van der Waals surface area (Å²) in [5, 5.41) is 0. The molecule has 0 fully saturated rings. The fourth-order valence-corrected chi connectivity index (χ4v) is 0.844. The lowest BCUT2D eigenvalue weighted by Gasteiger charge is -2.09. The lowest BCUT2D eigenvalue weighted by molar-refractivity contribution is 0.151. The van der Waals surface area contributed by atoms with E-state index in [0.29, 0.717) is 0 Å². The van der Waals surface area contributed by atoms with Gasteiger partial charge in [-0.3, -0.25) is 4.99 Å². The minimum absolute atomic E-state index is 0.152. The highest BCUT2D eigenvalue weighted by Gasteiger charge is 2.02. The number of rotatable bonds is 4. The second-order valence-electron chi connectivity index (χ2n) is 2.38. The summed E-state index contributed by atoms with van der Waals surface area (Å²) in [5.41, 5.74) is 1.15. The van der Waals surface area contributed by atoms with E-state index in [4.69, 9.17) is 4.74 Å². The van der Waals surface area contributed by atoms with Gasteiger partial charge in [0.25, 0.3) is 0 Å². The summed E-state index contributed by atoms with van der Waals surface area (Å²) in [6.45, 7) is 4.12.